The Morgan fingerprint density at radius 3 is 2.92 bits per heavy atom. The van der Waals surface area contributed by atoms with Crippen LogP contribution in [0, 0.1) is 6.92 Å². The minimum absolute atomic E-state index is 0.0179. The Balaban J connectivity index is 1.61. The van der Waals surface area contributed by atoms with Crippen LogP contribution in [0.2, 0.25) is 0 Å². The second-order valence-electron chi connectivity index (χ2n) is 5.82. The van der Waals surface area contributed by atoms with Gasteiger partial charge in [-0.1, -0.05) is 17.2 Å². The van der Waals surface area contributed by atoms with E-state index >= 15 is 0 Å². The molecular formula is C17H19N5O3. The molecule has 8 heteroatoms. The first-order chi connectivity index (χ1) is 12.0. The molecule has 1 N–H and O–H groups in total. The summed E-state index contributed by atoms with van der Waals surface area (Å²) >= 11 is 0. The number of aryl methyl sites for hydroxylation is 1. The lowest BCUT2D eigenvalue weighted by Gasteiger charge is -2.07. The van der Waals surface area contributed by atoms with Crippen molar-refractivity contribution < 1.29 is 13.9 Å². The molecule has 0 radical (unpaired) electrons. The molecule has 0 saturated carbocycles. The number of benzene rings is 1. The summed E-state index contributed by atoms with van der Waals surface area (Å²) in [6.07, 6.45) is 1.66. The van der Waals surface area contributed by atoms with Gasteiger partial charge in [0.05, 0.1) is 0 Å². The van der Waals surface area contributed by atoms with Gasteiger partial charge in [0, 0.05) is 12.2 Å². The normalized spacial score (nSPS) is 10.9. The third-order valence-corrected chi connectivity index (χ3v) is 3.41. The maximum absolute atomic E-state index is 12.0. The fourth-order valence-electron chi connectivity index (χ4n) is 2.28. The molecule has 0 bridgehead atoms. The van der Waals surface area contributed by atoms with Crippen LogP contribution in [0.1, 0.15) is 25.5 Å². The molecule has 0 fully saturated rings. The summed E-state index contributed by atoms with van der Waals surface area (Å²) in [4.78, 5) is 12.0. The molecule has 1 aromatic carbocycles. The number of anilines is 1. The number of rotatable bonds is 6. The van der Waals surface area contributed by atoms with Gasteiger partial charge in [0.2, 0.25) is 0 Å². The molecule has 0 atom stereocenters. The van der Waals surface area contributed by atoms with Crippen LogP contribution >= 0.6 is 0 Å². The number of nitrogens with zero attached hydrogens (tertiary/aromatic N) is 4. The van der Waals surface area contributed by atoms with Crippen LogP contribution < -0.4 is 10.1 Å². The third kappa shape index (κ3) is 4.03. The Bertz CT molecular complexity index is 869. The fourth-order valence-corrected chi connectivity index (χ4v) is 2.28. The van der Waals surface area contributed by atoms with Gasteiger partial charge in [-0.25, -0.2) is 0 Å². The van der Waals surface area contributed by atoms with Crippen molar-refractivity contribution >= 4 is 11.9 Å². The molecule has 0 aliphatic rings. The van der Waals surface area contributed by atoms with Gasteiger partial charge >= 0.3 is 6.01 Å². The van der Waals surface area contributed by atoms with Gasteiger partial charge in [0.1, 0.15) is 11.4 Å². The van der Waals surface area contributed by atoms with Crippen molar-refractivity contribution in [2.45, 2.75) is 26.8 Å². The Labute approximate surface area is 144 Å². The number of ether oxygens (including phenoxy) is 1. The SMILES string of the molecule is Cc1cccc(OCC(=O)Nc2nnc(-c3ccnn3C(C)C)o2)c1. The average Bonchev–Trinajstić information content (AvgIpc) is 3.21. The summed E-state index contributed by atoms with van der Waals surface area (Å²) in [7, 11) is 0. The summed E-state index contributed by atoms with van der Waals surface area (Å²) in [5, 5.41) is 14.5. The summed E-state index contributed by atoms with van der Waals surface area (Å²) < 4.78 is 12.7. The highest BCUT2D eigenvalue weighted by atomic mass is 16.5. The standard InChI is InChI=1S/C17H19N5O3/c1-11(2)22-14(7-8-18-22)16-20-21-17(25-16)19-15(23)10-24-13-6-4-5-12(3)9-13/h4-9,11H,10H2,1-3H3,(H,19,21,23). The van der Waals surface area contributed by atoms with E-state index in [4.69, 9.17) is 9.15 Å². The molecule has 2 aromatic heterocycles. The monoisotopic (exact) mass is 341 g/mol. The van der Waals surface area contributed by atoms with Crippen molar-refractivity contribution in [1.29, 1.82) is 0 Å². The highest BCUT2D eigenvalue weighted by Gasteiger charge is 2.16. The highest BCUT2D eigenvalue weighted by Crippen LogP contribution is 2.22. The molecular weight excluding hydrogens is 322 g/mol. The van der Waals surface area contributed by atoms with Gasteiger partial charge in [0.25, 0.3) is 11.8 Å². The Hall–Kier alpha value is -3.16. The van der Waals surface area contributed by atoms with Crippen molar-refractivity contribution in [3.05, 3.63) is 42.1 Å². The molecule has 1 amide bonds. The van der Waals surface area contributed by atoms with Crippen molar-refractivity contribution in [2.24, 2.45) is 0 Å². The first kappa shape index (κ1) is 16.7. The van der Waals surface area contributed by atoms with Gasteiger partial charge in [-0.2, -0.15) is 5.10 Å². The number of nitrogens with one attached hydrogen (secondary N) is 1. The lowest BCUT2D eigenvalue weighted by molar-refractivity contribution is -0.118. The second kappa shape index (κ2) is 7.16. The minimum Gasteiger partial charge on any atom is -0.484 e. The predicted molar refractivity (Wildman–Crippen MR) is 91.2 cm³/mol. The summed E-state index contributed by atoms with van der Waals surface area (Å²) in [5.74, 6) is 0.539. The smallest absolute Gasteiger partial charge is 0.322 e. The van der Waals surface area contributed by atoms with E-state index in [0.717, 1.165) is 5.56 Å². The lowest BCUT2D eigenvalue weighted by atomic mass is 10.2. The van der Waals surface area contributed by atoms with Gasteiger partial charge < -0.3 is 9.15 Å². The van der Waals surface area contributed by atoms with E-state index in [1.165, 1.54) is 0 Å². The van der Waals surface area contributed by atoms with E-state index in [2.05, 4.69) is 20.6 Å². The molecule has 0 aliphatic carbocycles. The first-order valence-electron chi connectivity index (χ1n) is 7.89. The van der Waals surface area contributed by atoms with Crippen LogP contribution in [0.3, 0.4) is 0 Å². The highest BCUT2D eigenvalue weighted by molar-refractivity contribution is 5.89. The molecule has 0 unspecified atom stereocenters. The third-order valence-electron chi connectivity index (χ3n) is 3.41. The van der Waals surface area contributed by atoms with Crippen molar-refractivity contribution in [1.82, 2.24) is 20.0 Å². The van der Waals surface area contributed by atoms with E-state index in [9.17, 15) is 4.79 Å². The largest absolute Gasteiger partial charge is 0.484 e. The zero-order valence-corrected chi connectivity index (χ0v) is 14.3. The molecule has 0 saturated heterocycles. The zero-order chi connectivity index (χ0) is 17.8. The van der Waals surface area contributed by atoms with Gasteiger partial charge in [-0.05, 0) is 44.5 Å². The molecule has 25 heavy (non-hydrogen) atoms. The molecule has 3 rings (SSSR count). The van der Waals surface area contributed by atoms with Crippen LogP contribution in [0.25, 0.3) is 11.6 Å². The Morgan fingerprint density at radius 1 is 1.32 bits per heavy atom. The van der Waals surface area contributed by atoms with E-state index in [1.54, 1.807) is 23.0 Å². The summed E-state index contributed by atoms with van der Waals surface area (Å²) in [6.45, 7) is 5.80. The summed E-state index contributed by atoms with van der Waals surface area (Å²) in [6, 6.07) is 9.41. The maximum atomic E-state index is 12.0. The Kier molecular flexibility index (Phi) is 4.78. The number of hydrogen-bond acceptors (Lipinski definition) is 6. The second-order valence-corrected chi connectivity index (χ2v) is 5.82. The quantitative estimate of drug-likeness (QED) is 0.741. The molecule has 2 heterocycles. The number of carbonyl (C=O) groups is 1. The van der Waals surface area contributed by atoms with Crippen molar-refractivity contribution in [2.75, 3.05) is 11.9 Å². The number of hydrogen-bond donors (Lipinski definition) is 1. The minimum atomic E-state index is -0.380. The van der Waals surface area contributed by atoms with Crippen LogP contribution in [0.15, 0.2) is 40.9 Å². The fraction of sp³-hybridized carbons (Fsp3) is 0.294. The van der Waals surface area contributed by atoms with Crippen LogP contribution in [0.4, 0.5) is 6.01 Å². The molecule has 0 aliphatic heterocycles. The van der Waals surface area contributed by atoms with Gasteiger partial charge in [-0.15, -0.1) is 5.10 Å². The zero-order valence-electron chi connectivity index (χ0n) is 14.3. The van der Waals surface area contributed by atoms with E-state index in [1.807, 2.05) is 39.0 Å². The molecule has 130 valence electrons. The van der Waals surface area contributed by atoms with E-state index in [0.29, 0.717) is 17.3 Å². The first-order valence-corrected chi connectivity index (χ1v) is 7.89. The van der Waals surface area contributed by atoms with E-state index in [-0.39, 0.29) is 24.6 Å². The average molecular weight is 341 g/mol. The van der Waals surface area contributed by atoms with Crippen molar-refractivity contribution in [3.63, 3.8) is 0 Å². The van der Waals surface area contributed by atoms with Crippen LogP contribution in [-0.4, -0.2) is 32.5 Å². The van der Waals surface area contributed by atoms with Crippen LogP contribution in [0.5, 0.6) is 5.75 Å². The maximum Gasteiger partial charge on any atom is 0.322 e. The number of aromatic nitrogens is 4. The summed E-state index contributed by atoms with van der Waals surface area (Å²) in [5.41, 5.74) is 1.75. The van der Waals surface area contributed by atoms with E-state index < -0.39 is 0 Å². The number of carbonyl (C=O) groups excluding carboxylic acids is 1. The van der Waals surface area contributed by atoms with Crippen molar-refractivity contribution in [3.8, 4) is 17.3 Å². The molecule has 3 aromatic rings. The van der Waals surface area contributed by atoms with Crippen LogP contribution in [-0.2, 0) is 4.79 Å². The Morgan fingerprint density at radius 2 is 2.16 bits per heavy atom. The van der Waals surface area contributed by atoms with Gasteiger partial charge in [-0.3, -0.25) is 14.8 Å². The predicted octanol–water partition coefficient (Wildman–Crippen LogP) is 2.84. The topological polar surface area (TPSA) is 95.1 Å². The number of amides is 1. The molecule has 0 spiro atoms. The van der Waals surface area contributed by atoms with Gasteiger partial charge in [0.15, 0.2) is 6.61 Å². The molecule has 8 nitrogen and oxygen atoms in total. The lowest BCUT2D eigenvalue weighted by Crippen LogP contribution is -2.20.